The summed E-state index contributed by atoms with van der Waals surface area (Å²) in [5.41, 5.74) is 1.60. The Hall–Kier alpha value is -1.51. The van der Waals surface area contributed by atoms with E-state index in [0.717, 1.165) is 32.4 Å². The van der Waals surface area contributed by atoms with Crippen molar-refractivity contribution in [3.05, 3.63) is 29.3 Å². The topological polar surface area (TPSA) is 40.5 Å². The van der Waals surface area contributed by atoms with Crippen LogP contribution in [0.4, 0.5) is 0 Å². The molecular weight excluding hydrogens is 238 g/mol. The summed E-state index contributed by atoms with van der Waals surface area (Å²) in [6.07, 6.45) is 3.32. The van der Waals surface area contributed by atoms with Gasteiger partial charge < -0.3 is 10.0 Å². The van der Waals surface area contributed by atoms with Crippen molar-refractivity contribution in [3.63, 3.8) is 0 Å². The molecule has 0 saturated carbocycles. The van der Waals surface area contributed by atoms with E-state index in [1.54, 1.807) is 25.1 Å². The predicted octanol–water partition coefficient (Wildman–Crippen LogP) is 3.35. The minimum absolute atomic E-state index is 0.0529. The van der Waals surface area contributed by atoms with E-state index in [1.165, 1.54) is 0 Å². The quantitative estimate of drug-likeness (QED) is 0.906. The third kappa shape index (κ3) is 2.46. The Morgan fingerprint density at radius 1 is 1.37 bits per heavy atom. The fourth-order valence-corrected chi connectivity index (χ4v) is 2.96. The van der Waals surface area contributed by atoms with Crippen molar-refractivity contribution in [1.82, 2.24) is 4.90 Å². The van der Waals surface area contributed by atoms with Crippen LogP contribution in [-0.4, -0.2) is 29.0 Å². The number of amides is 1. The minimum atomic E-state index is 0.0529. The zero-order chi connectivity index (χ0) is 14.0. The van der Waals surface area contributed by atoms with E-state index in [-0.39, 0.29) is 11.7 Å². The third-order valence-electron chi connectivity index (χ3n) is 4.76. The second-order valence-electron chi connectivity index (χ2n) is 5.63. The lowest BCUT2D eigenvalue weighted by Gasteiger charge is -2.26. The molecule has 0 atom stereocenters. The molecule has 1 aliphatic heterocycles. The normalized spacial score (nSPS) is 17.7. The first-order valence-corrected chi connectivity index (χ1v) is 7.11. The Morgan fingerprint density at radius 2 is 2.05 bits per heavy atom. The summed E-state index contributed by atoms with van der Waals surface area (Å²) in [5, 5.41) is 9.72. The highest BCUT2D eigenvalue weighted by atomic mass is 16.3. The highest BCUT2D eigenvalue weighted by molar-refractivity contribution is 5.96. The molecule has 0 aliphatic carbocycles. The van der Waals surface area contributed by atoms with Crippen LogP contribution in [-0.2, 0) is 0 Å². The number of benzene rings is 1. The summed E-state index contributed by atoms with van der Waals surface area (Å²) < 4.78 is 0. The molecule has 0 aromatic heterocycles. The zero-order valence-electron chi connectivity index (χ0n) is 12.1. The highest BCUT2D eigenvalue weighted by Gasteiger charge is 2.37. The molecule has 1 saturated heterocycles. The molecule has 19 heavy (non-hydrogen) atoms. The second kappa shape index (κ2) is 5.24. The molecule has 1 aromatic carbocycles. The van der Waals surface area contributed by atoms with E-state index >= 15 is 0 Å². The molecule has 104 valence electrons. The van der Waals surface area contributed by atoms with Gasteiger partial charge in [-0.3, -0.25) is 4.79 Å². The Bertz CT molecular complexity index is 478. The lowest BCUT2D eigenvalue weighted by atomic mass is 9.82. The summed E-state index contributed by atoms with van der Waals surface area (Å²) in [5.74, 6) is 0.250. The molecule has 0 unspecified atom stereocenters. The maximum Gasteiger partial charge on any atom is 0.254 e. The summed E-state index contributed by atoms with van der Waals surface area (Å²) >= 11 is 0. The Kier molecular flexibility index (Phi) is 3.83. The van der Waals surface area contributed by atoms with Crippen LogP contribution in [0.25, 0.3) is 0 Å². The van der Waals surface area contributed by atoms with E-state index < -0.39 is 0 Å². The molecule has 1 N–H and O–H groups in total. The molecular formula is C16H23NO2. The summed E-state index contributed by atoms with van der Waals surface area (Å²) in [6, 6.07) is 5.16. The SMILES string of the molecule is CCC1(CC)CCN(C(=O)c2cccc(O)c2C)C1. The van der Waals surface area contributed by atoms with Crippen LogP contribution >= 0.6 is 0 Å². The third-order valence-corrected chi connectivity index (χ3v) is 4.76. The van der Waals surface area contributed by atoms with Gasteiger partial charge in [0.1, 0.15) is 5.75 Å². The van der Waals surface area contributed by atoms with Crippen LogP contribution in [0.15, 0.2) is 18.2 Å². The largest absolute Gasteiger partial charge is 0.508 e. The van der Waals surface area contributed by atoms with E-state index in [1.807, 2.05) is 4.90 Å². The maximum absolute atomic E-state index is 12.6. The number of phenolic OH excluding ortho intramolecular Hbond substituents is 1. The Labute approximate surface area is 115 Å². The van der Waals surface area contributed by atoms with Gasteiger partial charge >= 0.3 is 0 Å². The lowest BCUT2D eigenvalue weighted by molar-refractivity contribution is 0.0768. The number of phenols is 1. The maximum atomic E-state index is 12.6. The standard InChI is InChI=1S/C16H23NO2/c1-4-16(5-2)9-10-17(11-16)15(19)13-7-6-8-14(18)12(13)3/h6-8,18H,4-5,9-11H2,1-3H3. The Balaban J connectivity index is 2.20. The number of carbonyl (C=O) groups is 1. The number of carbonyl (C=O) groups excluding carboxylic acids is 1. The fourth-order valence-electron chi connectivity index (χ4n) is 2.96. The van der Waals surface area contributed by atoms with E-state index in [4.69, 9.17) is 0 Å². The predicted molar refractivity (Wildman–Crippen MR) is 76.4 cm³/mol. The van der Waals surface area contributed by atoms with Gasteiger partial charge in [0.2, 0.25) is 0 Å². The average molecular weight is 261 g/mol. The van der Waals surface area contributed by atoms with Crippen LogP contribution in [0.5, 0.6) is 5.75 Å². The van der Waals surface area contributed by atoms with Crippen molar-refractivity contribution >= 4 is 5.91 Å². The zero-order valence-corrected chi connectivity index (χ0v) is 12.1. The molecule has 1 aromatic rings. The number of hydrogen-bond donors (Lipinski definition) is 1. The van der Waals surface area contributed by atoms with E-state index in [9.17, 15) is 9.90 Å². The molecule has 0 spiro atoms. The molecule has 0 radical (unpaired) electrons. The van der Waals surface area contributed by atoms with Gasteiger partial charge in [-0.1, -0.05) is 19.9 Å². The molecule has 1 heterocycles. The van der Waals surface area contributed by atoms with Gasteiger partial charge in [0.05, 0.1) is 0 Å². The molecule has 1 aliphatic rings. The molecule has 3 heteroatoms. The van der Waals surface area contributed by atoms with Gasteiger partial charge in [-0.05, 0) is 43.7 Å². The van der Waals surface area contributed by atoms with Crippen LogP contribution < -0.4 is 0 Å². The van der Waals surface area contributed by atoms with Gasteiger partial charge in [-0.15, -0.1) is 0 Å². The van der Waals surface area contributed by atoms with Crippen molar-refractivity contribution in [2.45, 2.75) is 40.0 Å². The van der Waals surface area contributed by atoms with Crippen molar-refractivity contribution in [3.8, 4) is 5.75 Å². The molecule has 3 nitrogen and oxygen atoms in total. The monoisotopic (exact) mass is 261 g/mol. The summed E-state index contributed by atoms with van der Waals surface area (Å²) in [7, 11) is 0. The summed E-state index contributed by atoms with van der Waals surface area (Å²) in [6.45, 7) is 7.88. The first-order valence-electron chi connectivity index (χ1n) is 7.11. The number of rotatable bonds is 3. The van der Waals surface area contributed by atoms with Crippen LogP contribution in [0.3, 0.4) is 0 Å². The number of aromatic hydroxyl groups is 1. The molecule has 1 fully saturated rings. The molecule has 2 rings (SSSR count). The van der Waals surface area contributed by atoms with Crippen LogP contribution in [0.1, 0.15) is 49.0 Å². The Morgan fingerprint density at radius 3 is 2.63 bits per heavy atom. The van der Waals surface area contributed by atoms with Gasteiger partial charge in [0.25, 0.3) is 5.91 Å². The van der Waals surface area contributed by atoms with Gasteiger partial charge in [-0.25, -0.2) is 0 Å². The van der Waals surface area contributed by atoms with Crippen molar-refractivity contribution in [2.75, 3.05) is 13.1 Å². The smallest absolute Gasteiger partial charge is 0.254 e. The number of hydrogen-bond acceptors (Lipinski definition) is 2. The van der Waals surface area contributed by atoms with Gasteiger partial charge in [0, 0.05) is 24.2 Å². The average Bonchev–Trinajstić information content (AvgIpc) is 2.86. The fraction of sp³-hybridized carbons (Fsp3) is 0.562. The molecule has 0 bridgehead atoms. The number of nitrogens with zero attached hydrogens (tertiary/aromatic N) is 1. The highest BCUT2D eigenvalue weighted by Crippen LogP contribution is 2.37. The lowest BCUT2D eigenvalue weighted by Crippen LogP contribution is -2.32. The second-order valence-corrected chi connectivity index (χ2v) is 5.63. The first kappa shape index (κ1) is 13.9. The van der Waals surface area contributed by atoms with Crippen LogP contribution in [0, 0.1) is 12.3 Å². The van der Waals surface area contributed by atoms with E-state index in [0.29, 0.717) is 16.5 Å². The van der Waals surface area contributed by atoms with Crippen LogP contribution in [0.2, 0.25) is 0 Å². The minimum Gasteiger partial charge on any atom is -0.508 e. The first-order chi connectivity index (χ1) is 9.03. The van der Waals surface area contributed by atoms with Crippen molar-refractivity contribution in [2.24, 2.45) is 5.41 Å². The summed E-state index contributed by atoms with van der Waals surface area (Å²) in [4.78, 5) is 14.5. The number of likely N-dealkylation sites (tertiary alicyclic amines) is 1. The van der Waals surface area contributed by atoms with E-state index in [2.05, 4.69) is 13.8 Å². The van der Waals surface area contributed by atoms with Crippen molar-refractivity contribution in [1.29, 1.82) is 0 Å². The van der Waals surface area contributed by atoms with Gasteiger partial charge in [0.15, 0.2) is 0 Å². The molecule has 1 amide bonds. The van der Waals surface area contributed by atoms with Crippen molar-refractivity contribution < 1.29 is 9.90 Å². The van der Waals surface area contributed by atoms with Gasteiger partial charge in [-0.2, -0.15) is 0 Å².